The molecule has 0 radical (unpaired) electrons. The lowest BCUT2D eigenvalue weighted by Gasteiger charge is -2.08. The number of carbonyl (C=O) groups excluding carboxylic acids is 1. The van der Waals surface area contributed by atoms with Crippen molar-refractivity contribution in [1.82, 2.24) is 10.6 Å². The summed E-state index contributed by atoms with van der Waals surface area (Å²) in [5.74, 6) is -7.05. The summed E-state index contributed by atoms with van der Waals surface area (Å²) in [5, 5.41) is 14.1. The highest BCUT2D eigenvalue weighted by Gasteiger charge is 2.22. The second-order valence-electron chi connectivity index (χ2n) is 3.60. The van der Waals surface area contributed by atoms with Crippen LogP contribution in [0.4, 0.5) is 13.2 Å². The summed E-state index contributed by atoms with van der Waals surface area (Å²) in [5.41, 5.74) is -0.726. The van der Waals surface area contributed by atoms with E-state index in [1.165, 1.54) is 0 Å². The van der Waals surface area contributed by atoms with Crippen LogP contribution in [0.2, 0.25) is 0 Å². The van der Waals surface area contributed by atoms with Crippen LogP contribution in [-0.4, -0.2) is 31.2 Å². The Balaban J connectivity index is 2.80. The van der Waals surface area contributed by atoms with Crippen molar-refractivity contribution in [2.75, 3.05) is 20.1 Å². The van der Waals surface area contributed by atoms with Crippen LogP contribution < -0.4 is 10.6 Å². The van der Waals surface area contributed by atoms with Crippen molar-refractivity contribution >= 4 is 5.91 Å². The normalized spacial score (nSPS) is 10.4. The third-order valence-corrected chi connectivity index (χ3v) is 2.27. The first kappa shape index (κ1) is 14.3. The third kappa shape index (κ3) is 3.13. The molecule has 3 N–H and O–H groups in total. The molecule has 0 aromatic heterocycles. The second-order valence-corrected chi connectivity index (χ2v) is 3.60. The van der Waals surface area contributed by atoms with Crippen LogP contribution in [0.5, 0.6) is 5.75 Å². The van der Waals surface area contributed by atoms with Gasteiger partial charge in [-0.1, -0.05) is 0 Å². The Labute approximate surface area is 102 Å². The van der Waals surface area contributed by atoms with E-state index >= 15 is 0 Å². The largest absolute Gasteiger partial charge is 0.503 e. The molecule has 1 aromatic carbocycles. The number of aromatic hydroxyl groups is 1. The van der Waals surface area contributed by atoms with Gasteiger partial charge in [0.25, 0.3) is 5.91 Å². The highest BCUT2D eigenvalue weighted by molar-refractivity contribution is 5.94. The molecule has 0 aliphatic heterocycles. The molecule has 0 atom stereocenters. The molecule has 0 aliphatic carbocycles. The number of benzene rings is 1. The average molecular weight is 262 g/mol. The van der Waals surface area contributed by atoms with E-state index in [4.69, 9.17) is 5.11 Å². The SMILES string of the molecule is CNCCCNC(=O)c1cc(F)c(F)c(O)c1F. The standard InChI is InChI=1S/C11H13F3N2O2/c1-15-3-2-4-16-11(18)6-5-7(12)9(14)10(17)8(6)13/h5,15,17H,2-4H2,1H3,(H,16,18). The van der Waals surface area contributed by atoms with Crippen molar-refractivity contribution in [3.8, 4) is 5.75 Å². The van der Waals surface area contributed by atoms with Crippen LogP contribution in [0.3, 0.4) is 0 Å². The van der Waals surface area contributed by atoms with Gasteiger partial charge in [0, 0.05) is 6.54 Å². The Morgan fingerprint density at radius 1 is 1.28 bits per heavy atom. The number of hydrogen-bond donors (Lipinski definition) is 3. The maximum absolute atomic E-state index is 13.3. The number of carbonyl (C=O) groups is 1. The average Bonchev–Trinajstić information content (AvgIpc) is 2.36. The first-order chi connectivity index (χ1) is 8.49. The highest BCUT2D eigenvalue weighted by Crippen LogP contribution is 2.25. The third-order valence-electron chi connectivity index (χ3n) is 2.27. The predicted octanol–water partition coefficient (Wildman–Crippen LogP) is 1.15. The number of phenols is 1. The van der Waals surface area contributed by atoms with Gasteiger partial charge < -0.3 is 15.7 Å². The number of halogens is 3. The van der Waals surface area contributed by atoms with E-state index in [1.54, 1.807) is 7.05 Å². The van der Waals surface area contributed by atoms with E-state index in [0.717, 1.165) is 0 Å². The maximum Gasteiger partial charge on any atom is 0.254 e. The number of hydrogen-bond acceptors (Lipinski definition) is 3. The Hall–Kier alpha value is -1.76. The molecule has 0 saturated heterocycles. The molecule has 7 heteroatoms. The lowest BCUT2D eigenvalue weighted by atomic mass is 10.1. The van der Waals surface area contributed by atoms with E-state index in [0.29, 0.717) is 19.0 Å². The van der Waals surface area contributed by atoms with Gasteiger partial charge in [-0.05, 0) is 26.1 Å². The number of amides is 1. The van der Waals surface area contributed by atoms with E-state index in [2.05, 4.69) is 10.6 Å². The number of nitrogens with one attached hydrogen (secondary N) is 2. The quantitative estimate of drug-likeness (QED) is 0.551. The molecule has 100 valence electrons. The molecule has 1 aromatic rings. The van der Waals surface area contributed by atoms with E-state index in [9.17, 15) is 18.0 Å². The van der Waals surface area contributed by atoms with Gasteiger partial charge in [-0.15, -0.1) is 0 Å². The van der Waals surface area contributed by atoms with Gasteiger partial charge in [0.1, 0.15) is 0 Å². The fraction of sp³-hybridized carbons (Fsp3) is 0.364. The summed E-state index contributed by atoms with van der Waals surface area (Å²) in [6.07, 6.45) is 0.597. The molecule has 1 rings (SSSR count). The van der Waals surface area contributed by atoms with Gasteiger partial charge in [0.15, 0.2) is 17.4 Å². The monoisotopic (exact) mass is 262 g/mol. The number of rotatable bonds is 5. The van der Waals surface area contributed by atoms with Crippen LogP contribution in [0.15, 0.2) is 6.07 Å². The lowest BCUT2D eigenvalue weighted by Crippen LogP contribution is -2.27. The van der Waals surface area contributed by atoms with Crippen molar-refractivity contribution in [2.45, 2.75) is 6.42 Å². The Kier molecular flexibility index (Phi) is 4.96. The van der Waals surface area contributed by atoms with Gasteiger partial charge in [0.05, 0.1) is 5.56 Å². The molecular weight excluding hydrogens is 249 g/mol. The lowest BCUT2D eigenvalue weighted by molar-refractivity contribution is 0.0947. The maximum atomic E-state index is 13.3. The topological polar surface area (TPSA) is 61.4 Å². The predicted molar refractivity (Wildman–Crippen MR) is 58.9 cm³/mol. The molecule has 4 nitrogen and oxygen atoms in total. The van der Waals surface area contributed by atoms with Crippen molar-refractivity contribution in [3.05, 3.63) is 29.1 Å². The van der Waals surface area contributed by atoms with E-state index in [1.807, 2.05) is 0 Å². The number of phenolic OH excluding ortho intramolecular Hbond substituents is 1. The summed E-state index contributed by atoms with van der Waals surface area (Å²) in [6, 6.07) is 0.414. The highest BCUT2D eigenvalue weighted by atomic mass is 19.2. The van der Waals surface area contributed by atoms with Gasteiger partial charge in [0.2, 0.25) is 5.82 Å². The molecule has 0 spiro atoms. The van der Waals surface area contributed by atoms with Crippen LogP contribution >= 0.6 is 0 Å². The van der Waals surface area contributed by atoms with E-state index in [-0.39, 0.29) is 6.54 Å². The first-order valence-electron chi connectivity index (χ1n) is 5.28. The van der Waals surface area contributed by atoms with Crippen molar-refractivity contribution in [1.29, 1.82) is 0 Å². The van der Waals surface area contributed by atoms with Crippen LogP contribution in [0.25, 0.3) is 0 Å². The Morgan fingerprint density at radius 2 is 1.94 bits per heavy atom. The molecule has 0 unspecified atom stereocenters. The minimum absolute atomic E-state index is 0.249. The molecule has 0 fully saturated rings. The smallest absolute Gasteiger partial charge is 0.254 e. The fourth-order valence-corrected chi connectivity index (χ4v) is 1.32. The zero-order valence-electron chi connectivity index (χ0n) is 9.69. The minimum Gasteiger partial charge on any atom is -0.503 e. The van der Waals surface area contributed by atoms with E-state index < -0.39 is 34.7 Å². The molecule has 1 amide bonds. The zero-order valence-corrected chi connectivity index (χ0v) is 9.69. The van der Waals surface area contributed by atoms with Crippen molar-refractivity contribution in [3.63, 3.8) is 0 Å². The summed E-state index contributed by atoms with van der Waals surface area (Å²) < 4.78 is 39.1. The van der Waals surface area contributed by atoms with Crippen LogP contribution in [-0.2, 0) is 0 Å². The minimum atomic E-state index is -1.71. The summed E-state index contributed by atoms with van der Waals surface area (Å²) >= 11 is 0. The molecule has 0 heterocycles. The first-order valence-corrected chi connectivity index (χ1v) is 5.28. The molecular formula is C11H13F3N2O2. The van der Waals surface area contributed by atoms with Crippen molar-refractivity contribution < 1.29 is 23.1 Å². The van der Waals surface area contributed by atoms with Crippen molar-refractivity contribution in [2.24, 2.45) is 0 Å². The second kappa shape index (κ2) is 6.25. The summed E-state index contributed by atoms with van der Waals surface area (Å²) in [7, 11) is 1.73. The van der Waals surface area contributed by atoms with Gasteiger partial charge >= 0.3 is 0 Å². The van der Waals surface area contributed by atoms with Gasteiger partial charge in [-0.3, -0.25) is 4.79 Å². The fourth-order valence-electron chi connectivity index (χ4n) is 1.32. The zero-order chi connectivity index (χ0) is 13.7. The summed E-state index contributed by atoms with van der Waals surface area (Å²) in [6.45, 7) is 0.894. The van der Waals surface area contributed by atoms with Gasteiger partial charge in [-0.25, -0.2) is 8.78 Å². The van der Waals surface area contributed by atoms with Crippen LogP contribution in [0, 0.1) is 17.5 Å². The molecule has 18 heavy (non-hydrogen) atoms. The van der Waals surface area contributed by atoms with Gasteiger partial charge in [-0.2, -0.15) is 4.39 Å². The molecule has 0 aliphatic rings. The molecule has 0 bridgehead atoms. The Morgan fingerprint density at radius 3 is 2.56 bits per heavy atom. The molecule has 0 saturated carbocycles. The Bertz CT molecular complexity index is 452. The summed E-state index contributed by atoms with van der Waals surface area (Å²) in [4.78, 5) is 11.5. The van der Waals surface area contributed by atoms with Crippen LogP contribution in [0.1, 0.15) is 16.8 Å².